The maximum absolute atomic E-state index is 11.7. The highest BCUT2D eigenvalue weighted by Gasteiger charge is 2.06. The fourth-order valence-electron chi connectivity index (χ4n) is 1.28. The van der Waals surface area contributed by atoms with Crippen molar-refractivity contribution in [3.05, 3.63) is 34.3 Å². The van der Waals surface area contributed by atoms with Crippen molar-refractivity contribution in [3.63, 3.8) is 0 Å². The standard InChI is InChI=1S/C12H14ClNO4/c1-8-6-9(2-3-10(8)13)12(17)14-4-5-18-7-11(15)16/h2-3,6H,4-5,7H2,1H3,(H,14,17)(H,15,16). The molecule has 0 aliphatic carbocycles. The number of carboxylic acids is 1. The van der Waals surface area contributed by atoms with Crippen LogP contribution in [-0.2, 0) is 9.53 Å². The number of amides is 1. The van der Waals surface area contributed by atoms with E-state index in [4.69, 9.17) is 21.4 Å². The van der Waals surface area contributed by atoms with Gasteiger partial charge in [0.25, 0.3) is 5.91 Å². The third kappa shape index (κ3) is 4.73. The van der Waals surface area contributed by atoms with Gasteiger partial charge in [-0.25, -0.2) is 4.79 Å². The Morgan fingerprint density at radius 3 is 2.78 bits per heavy atom. The van der Waals surface area contributed by atoms with E-state index in [1.165, 1.54) is 0 Å². The molecular weight excluding hydrogens is 258 g/mol. The van der Waals surface area contributed by atoms with Crippen molar-refractivity contribution >= 4 is 23.5 Å². The minimum Gasteiger partial charge on any atom is -0.480 e. The minimum absolute atomic E-state index is 0.157. The molecule has 0 unspecified atom stereocenters. The molecule has 1 amide bonds. The number of halogens is 1. The second-order valence-electron chi connectivity index (χ2n) is 3.67. The Labute approximate surface area is 110 Å². The van der Waals surface area contributed by atoms with E-state index in [9.17, 15) is 9.59 Å². The minimum atomic E-state index is -1.03. The topological polar surface area (TPSA) is 75.6 Å². The molecule has 18 heavy (non-hydrogen) atoms. The Kier molecular flexibility index (Phi) is 5.61. The van der Waals surface area contributed by atoms with Crippen LogP contribution in [0.4, 0.5) is 0 Å². The number of aryl methyl sites for hydroxylation is 1. The number of benzene rings is 1. The summed E-state index contributed by atoms with van der Waals surface area (Å²) < 4.78 is 4.79. The molecule has 98 valence electrons. The van der Waals surface area contributed by atoms with E-state index in [-0.39, 0.29) is 25.7 Å². The zero-order chi connectivity index (χ0) is 13.5. The lowest BCUT2D eigenvalue weighted by atomic mass is 10.1. The van der Waals surface area contributed by atoms with E-state index in [0.717, 1.165) is 5.56 Å². The van der Waals surface area contributed by atoms with Crippen LogP contribution in [0.2, 0.25) is 5.02 Å². The molecule has 0 aliphatic rings. The van der Waals surface area contributed by atoms with E-state index >= 15 is 0 Å². The molecule has 1 aromatic rings. The molecule has 0 fully saturated rings. The summed E-state index contributed by atoms with van der Waals surface area (Å²) in [4.78, 5) is 21.8. The number of carbonyl (C=O) groups is 2. The van der Waals surface area contributed by atoms with E-state index in [1.807, 2.05) is 6.92 Å². The van der Waals surface area contributed by atoms with Crippen LogP contribution >= 0.6 is 11.6 Å². The molecule has 0 saturated heterocycles. The van der Waals surface area contributed by atoms with Gasteiger partial charge >= 0.3 is 5.97 Å². The number of rotatable bonds is 6. The lowest BCUT2D eigenvalue weighted by molar-refractivity contribution is -0.142. The lowest BCUT2D eigenvalue weighted by Crippen LogP contribution is -2.28. The first-order valence-corrected chi connectivity index (χ1v) is 5.72. The molecule has 0 spiro atoms. The van der Waals surface area contributed by atoms with Gasteiger partial charge in [-0.2, -0.15) is 0 Å². The van der Waals surface area contributed by atoms with Crippen molar-refractivity contribution in [2.24, 2.45) is 0 Å². The third-order valence-corrected chi connectivity index (χ3v) is 2.60. The van der Waals surface area contributed by atoms with Gasteiger partial charge in [-0.3, -0.25) is 4.79 Å². The molecule has 5 nitrogen and oxygen atoms in total. The maximum atomic E-state index is 11.7. The van der Waals surface area contributed by atoms with Crippen molar-refractivity contribution in [1.82, 2.24) is 5.32 Å². The van der Waals surface area contributed by atoms with Crippen molar-refractivity contribution in [2.45, 2.75) is 6.92 Å². The first kappa shape index (κ1) is 14.5. The molecule has 0 aliphatic heterocycles. The quantitative estimate of drug-likeness (QED) is 0.769. The Bertz CT molecular complexity index is 448. The molecule has 0 saturated carbocycles. The Balaban J connectivity index is 2.36. The van der Waals surface area contributed by atoms with Gasteiger partial charge in [0.05, 0.1) is 6.61 Å². The van der Waals surface area contributed by atoms with Gasteiger partial charge < -0.3 is 15.2 Å². The average Bonchev–Trinajstić information content (AvgIpc) is 2.31. The molecule has 0 radical (unpaired) electrons. The smallest absolute Gasteiger partial charge is 0.329 e. The number of carboxylic acid groups (broad SMARTS) is 1. The molecule has 1 aromatic carbocycles. The molecule has 0 heterocycles. The van der Waals surface area contributed by atoms with Gasteiger partial charge in [0.15, 0.2) is 0 Å². The normalized spacial score (nSPS) is 10.1. The Morgan fingerprint density at radius 2 is 2.17 bits per heavy atom. The molecule has 0 atom stereocenters. The van der Waals surface area contributed by atoms with Crippen LogP contribution in [0.5, 0.6) is 0 Å². The highest BCUT2D eigenvalue weighted by Crippen LogP contribution is 2.15. The summed E-state index contributed by atoms with van der Waals surface area (Å²) in [5, 5.41) is 11.6. The number of aliphatic carboxylic acids is 1. The van der Waals surface area contributed by atoms with Crippen molar-refractivity contribution in [2.75, 3.05) is 19.8 Å². The Morgan fingerprint density at radius 1 is 1.44 bits per heavy atom. The van der Waals surface area contributed by atoms with Crippen LogP contribution in [0.15, 0.2) is 18.2 Å². The largest absolute Gasteiger partial charge is 0.480 e. The van der Waals surface area contributed by atoms with Crippen LogP contribution < -0.4 is 5.32 Å². The first-order valence-electron chi connectivity index (χ1n) is 5.34. The predicted molar refractivity (Wildman–Crippen MR) is 67.0 cm³/mol. The van der Waals surface area contributed by atoms with Crippen molar-refractivity contribution in [1.29, 1.82) is 0 Å². The molecule has 0 aromatic heterocycles. The SMILES string of the molecule is Cc1cc(C(=O)NCCOCC(=O)O)ccc1Cl. The summed E-state index contributed by atoms with van der Waals surface area (Å²) in [6.07, 6.45) is 0. The summed E-state index contributed by atoms with van der Waals surface area (Å²) in [5.41, 5.74) is 1.33. The van der Waals surface area contributed by atoms with Crippen LogP contribution in [0.25, 0.3) is 0 Å². The van der Waals surface area contributed by atoms with Gasteiger partial charge in [-0.05, 0) is 30.7 Å². The first-order chi connectivity index (χ1) is 8.50. The summed E-state index contributed by atoms with van der Waals surface area (Å²) >= 11 is 5.85. The number of ether oxygens (including phenoxy) is 1. The average molecular weight is 272 g/mol. The van der Waals surface area contributed by atoms with Gasteiger partial charge in [0.2, 0.25) is 0 Å². The van der Waals surface area contributed by atoms with Gasteiger partial charge in [-0.1, -0.05) is 11.6 Å². The number of nitrogens with one attached hydrogen (secondary N) is 1. The van der Waals surface area contributed by atoms with Crippen LogP contribution in [0, 0.1) is 6.92 Å². The van der Waals surface area contributed by atoms with E-state index in [0.29, 0.717) is 10.6 Å². The second-order valence-corrected chi connectivity index (χ2v) is 4.07. The molecular formula is C12H14ClNO4. The van der Waals surface area contributed by atoms with Crippen molar-refractivity contribution in [3.8, 4) is 0 Å². The van der Waals surface area contributed by atoms with Crippen molar-refractivity contribution < 1.29 is 19.4 Å². The molecule has 2 N–H and O–H groups in total. The third-order valence-electron chi connectivity index (χ3n) is 2.18. The van der Waals surface area contributed by atoms with Gasteiger partial charge in [-0.15, -0.1) is 0 Å². The van der Waals surface area contributed by atoms with Gasteiger partial charge in [0, 0.05) is 17.1 Å². The van der Waals surface area contributed by atoms with E-state index < -0.39 is 5.97 Å². The van der Waals surface area contributed by atoms with Gasteiger partial charge in [0.1, 0.15) is 6.61 Å². The summed E-state index contributed by atoms with van der Waals surface area (Å²) in [6, 6.07) is 4.98. The number of hydrogen-bond donors (Lipinski definition) is 2. The van der Waals surface area contributed by atoms with E-state index in [2.05, 4.69) is 5.32 Å². The lowest BCUT2D eigenvalue weighted by Gasteiger charge is -2.06. The number of hydrogen-bond acceptors (Lipinski definition) is 3. The van der Waals surface area contributed by atoms with Crippen LogP contribution in [0.3, 0.4) is 0 Å². The monoisotopic (exact) mass is 271 g/mol. The van der Waals surface area contributed by atoms with E-state index in [1.54, 1.807) is 18.2 Å². The van der Waals surface area contributed by atoms with Crippen LogP contribution in [0.1, 0.15) is 15.9 Å². The maximum Gasteiger partial charge on any atom is 0.329 e. The second kappa shape index (κ2) is 6.98. The Hall–Kier alpha value is -1.59. The summed E-state index contributed by atoms with van der Waals surface area (Å²) in [5.74, 6) is -1.27. The summed E-state index contributed by atoms with van der Waals surface area (Å²) in [7, 11) is 0. The fourth-order valence-corrected chi connectivity index (χ4v) is 1.40. The molecule has 1 rings (SSSR count). The highest BCUT2D eigenvalue weighted by atomic mass is 35.5. The zero-order valence-corrected chi connectivity index (χ0v) is 10.7. The molecule has 0 bridgehead atoms. The summed E-state index contributed by atoms with van der Waals surface area (Å²) in [6.45, 7) is 1.86. The molecule has 6 heteroatoms. The predicted octanol–water partition coefficient (Wildman–Crippen LogP) is 1.48. The zero-order valence-electron chi connectivity index (χ0n) is 9.90. The van der Waals surface area contributed by atoms with Crippen LogP contribution in [-0.4, -0.2) is 36.7 Å². The highest BCUT2D eigenvalue weighted by molar-refractivity contribution is 6.31. The fraction of sp³-hybridized carbons (Fsp3) is 0.333. The number of carbonyl (C=O) groups excluding carboxylic acids is 1.